The van der Waals surface area contributed by atoms with Gasteiger partial charge >= 0.3 is 12.1 Å². The molecule has 2 saturated heterocycles. The number of carbonyl (C=O) groups excluding carboxylic acids is 3. The number of halogens is 2. The summed E-state index contributed by atoms with van der Waals surface area (Å²) < 4.78 is 36.7. The van der Waals surface area contributed by atoms with E-state index >= 15 is 0 Å². The Morgan fingerprint density at radius 1 is 1.28 bits per heavy atom. The maximum absolute atomic E-state index is 12.7. The Labute approximate surface area is 161 Å². The average Bonchev–Trinajstić information content (AvgIpc) is 2.60. The Kier molecular flexibility index (Phi) is 5.21. The zero-order valence-corrected chi connectivity index (χ0v) is 17.8. The minimum absolute atomic E-state index is 0.0793. The first kappa shape index (κ1) is 20.4. The lowest BCUT2D eigenvalue weighted by atomic mass is 9.98. The molecule has 0 radical (unpaired) electrons. The molecule has 1 unspecified atom stereocenters. The fourth-order valence-corrected chi connectivity index (χ4v) is 7.24. The lowest BCUT2D eigenvalue weighted by molar-refractivity contribution is -0.179. The number of amides is 1. The first-order chi connectivity index (χ1) is 11.3. The zero-order chi connectivity index (χ0) is 19.4. The van der Waals surface area contributed by atoms with E-state index in [1.165, 1.54) is 20.8 Å². The molecule has 0 aliphatic carbocycles. The van der Waals surface area contributed by atoms with Crippen LogP contribution in [0.3, 0.4) is 0 Å². The molecular weight excluding hydrogens is 490 g/mol. The van der Waals surface area contributed by atoms with Crippen molar-refractivity contribution in [3.63, 3.8) is 0 Å². The van der Waals surface area contributed by atoms with Crippen LogP contribution in [0, 0.1) is 0 Å². The first-order valence-electron chi connectivity index (χ1n) is 7.28. The van der Waals surface area contributed by atoms with Crippen molar-refractivity contribution in [2.45, 2.75) is 53.4 Å². The SMILES string of the molecule is CCOC(=O)OC(C)OC(=O)[C@@H]1N2C(=O)C(Br)(Br)[C@H]2S(=O)(=O)C1(C)C. The van der Waals surface area contributed by atoms with Crippen molar-refractivity contribution in [1.82, 2.24) is 4.90 Å². The molecule has 0 aromatic rings. The number of nitrogens with zero attached hydrogens (tertiary/aromatic N) is 1. The third kappa shape index (κ3) is 2.95. The molecule has 0 spiro atoms. The Balaban J connectivity index is 2.22. The largest absolute Gasteiger partial charge is 0.511 e. The molecule has 9 nitrogen and oxygen atoms in total. The summed E-state index contributed by atoms with van der Waals surface area (Å²) in [5.41, 5.74) is 0. The van der Waals surface area contributed by atoms with Gasteiger partial charge in [-0.1, -0.05) is 31.9 Å². The second-order valence-corrected chi connectivity index (χ2v) is 12.2. The maximum atomic E-state index is 12.7. The molecule has 2 aliphatic heterocycles. The first-order valence-corrected chi connectivity index (χ1v) is 10.4. The van der Waals surface area contributed by atoms with Crippen molar-refractivity contribution in [3.8, 4) is 0 Å². The smallest absolute Gasteiger partial charge is 0.435 e. The lowest BCUT2D eigenvalue weighted by Gasteiger charge is -2.45. The van der Waals surface area contributed by atoms with Crippen LogP contribution >= 0.6 is 31.9 Å². The van der Waals surface area contributed by atoms with E-state index in [1.54, 1.807) is 6.92 Å². The lowest BCUT2D eigenvalue weighted by Crippen LogP contribution is -2.69. The standard InChI is InChI=1S/C13H17Br2NO8S/c1-5-22-11(19)24-6(2)23-8(17)7-12(3,4)25(20,21)10-13(14,15)9(18)16(7)10/h6-7,10H,5H2,1-4H3/t6?,7-,10+/m0/s1. The average molecular weight is 507 g/mol. The Hall–Kier alpha value is -0.880. The Morgan fingerprint density at radius 3 is 2.36 bits per heavy atom. The highest BCUT2D eigenvalue weighted by Gasteiger charge is 2.77. The Bertz CT molecular complexity index is 720. The molecule has 1 amide bonds. The second kappa shape index (κ2) is 6.38. The molecule has 25 heavy (non-hydrogen) atoms. The number of hydrogen-bond donors (Lipinski definition) is 0. The number of β-lactam (4-membered cyclic amide) rings is 1. The fourth-order valence-electron chi connectivity index (χ4n) is 2.80. The highest BCUT2D eigenvalue weighted by atomic mass is 79.9. The predicted octanol–water partition coefficient (Wildman–Crippen LogP) is 1.28. The van der Waals surface area contributed by atoms with E-state index in [0.29, 0.717) is 0 Å². The summed E-state index contributed by atoms with van der Waals surface area (Å²) in [6.07, 6.45) is -2.34. The predicted molar refractivity (Wildman–Crippen MR) is 91.7 cm³/mol. The van der Waals surface area contributed by atoms with Crippen molar-refractivity contribution in [2.24, 2.45) is 0 Å². The maximum Gasteiger partial charge on any atom is 0.511 e. The van der Waals surface area contributed by atoms with E-state index in [0.717, 1.165) is 4.90 Å². The molecule has 2 aliphatic rings. The summed E-state index contributed by atoms with van der Waals surface area (Å²) in [5.74, 6) is -1.59. The van der Waals surface area contributed by atoms with Crippen molar-refractivity contribution < 1.29 is 37.0 Å². The topological polar surface area (TPSA) is 116 Å². The zero-order valence-electron chi connectivity index (χ0n) is 13.8. The third-order valence-electron chi connectivity index (χ3n) is 4.08. The summed E-state index contributed by atoms with van der Waals surface area (Å²) in [5, 5.41) is -1.25. The van der Waals surface area contributed by atoms with Crippen LogP contribution in [0.15, 0.2) is 0 Å². The molecule has 2 rings (SSSR count). The van der Waals surface area contributed by atoms with Crippen LogP contribution in [0.25, 0.3) is 0 Å². The number of carbonyl (C=O) groups is 3. The molecule has 0 bridgehead atoms. The van der Waals surface area contributed by atoms with Crippen molar-refractivity contribution >= 4 is 59.7 Å². The molecule has 2 fully saturated rings. The van der Waals surface area contributed by atoms with Gasteiger partial charge in [0.1, 0.15) is 10.8 Å². The minimum atomic E-state index is -3.89. The second-order valence-electron chi connectivity index (χ2n) is 6.04. The number of fused-ring (bicyclic) bond motifs is 1. The van der Waals surface area contributed by atoms with Gasteiger partial charge in [0.2, 0.25) is 6.29 Å². The van der Waals surface area contributed by atoms with E-state index in [2.05, 4.69) is 36.6 Å². The van der Waals surface area contributed by atoms with Gasteiger partial charge in [-0.05, 0) is 20.8 Å². The fraction of sp³-hybridized carbons (Fsp3) is 0.769. The van der Waals surface area contributed by atoms with Crippen LogP contribution in [0.1, 0.15) is 27.7 Å². The number of esters is 1. The molecule has 0 N–H and O–H groups in total. The molecular formula is C13H17Br2NO8S. The molecule has 0 aromatic heterocycles. The Morgan fingerprint density at radius 2 is 1.84 bits per heavy atom. The van der Waals surface area contributed by atoms with Crippen LogP contribution in [-0.4, -0.2) is 63.6 Å². The van der Waals surface area contributed by atoms with Crippen molar-refractivity contribution in [3.05, 3.63) is 0 Å². The molecule has 0 saturated carbocycles. The van der Waals surface area contributed by atoms with Gasteiger partial charge in [-0.15, -0.1) is 0 Å². The van der Waals surface area contributed by atoms with Gasteiger partial charge in [-0.3, -0.25) is 4.79 Å². The van der Waals surface area contributed by atoms with Gasteiger partial charge in [0, 0.05) is 6.92 Å². The van der Waals surface area contributed by atoms with Crippen LogP contribution in [0.4, 0.5) is 4.79 Å². The number of hydrogen-bond acceptors (Lipinski definition) is 8. The number of ether oxygens (including phenoxy) is 3. The van der Waals surface area contributed by atoms with E-state index in [1.807, 2.05) is 0 Å². The van der Waals surface area contributed by atoms with Gasteiger partial charge in [-0.2, -0.15) is 0 Å². The van der Waals surface area contributed by atoms with Gasteiger partial charge in [0.05, 0.1) is 6.61 Å². The molecule has 12 heteroatoms. The summed E-state index contributed by atoms with van der Waals surface area (Å²) in [6, 6.07) is -1.37. The van der Waals surface area contributed by atoms with Crippen molar-refractivity contribution in [2.75, 3.05) is 6.61 Å². The van der Waals surface area contributed by atoms with Crippen LogP contribution in [0.5, 0.6) is 0 Å². The number of alkyl halides is 2. The highest BCUT2D eigenvalue weighted by molar-refractivity contribution is 9.26. The van der Waals surface area contributed by atoms with Crippen LogP contribution in [0.2, 0.25) is 0 Å². The number of sulfone groups is 1. The summed E-state index contributed by atoms with van der Waals surface area (Å²) >= 11 is 6.10. The van der Waals surface area contributed by atoms with E-state index < -0.39 is 53.6 Å². The van der Waals surface area contributed by atoms with E-state index in [9.17, 15) is 22.8 Å². The molecule has 0 aromatic carbocycles. The van der Waals surface area contributed by atoms with Crippen LogP contribution in [-0.2, 0) is 33.6 Å². The monoisotopic (exact) mass is 505 g/mol. The molecule has 142 valence electrons. The van der Waals surface area contributed by atoms with Crippen molar-refractivity contribution in [1.29, 1.82) is 0 Å². The summed E-state index contributed by atoms with van der Waals surface area (Å²) in [6.45, 7) is 5.61. The van der Waals surface area contributed by atoms with Gasteiger partial charge in [-0.25, -0.2) is 18.0 Å². The normalized spacial score (nSPS) is 29.2. The minimum Gasteiger partial charge on any atom is -0.435 e. The molecule has 3 atom stereocenters. The number of rotatable bonds is 4. The van der Waals surface area contributed by atoms with E-state index in [4.69, 9.17) is 9.47 Å². The van der Waals surface area contributed by atoms with Gasteiger partial charge < -0.3 is 19.1 Å². The van der Waals surface area contributed by atoms with Crippen LogP contribution < -0.4 is 0 Å². The van der Waals surface area contributed by atoms with Gasteiger partial charge in [0.15, 0.2) is 18.4 Å². The van der Waals surface area contributed by atoms with Gasteiger partial charge in [0.25, 0.3) is 5.91 Å². The van der Waals surface area contributed by atoms with E-state index in [-0.39, 0.29) is 6.61 Å². The molecule has 2 heterocycles. The summed E-state index contributed by atoms with van der Waals surface area (Å²) in [7, 11) is -3.89. The quantitative estimate of drug-likeness (QED) is 0.242. The summed E-state index contributed by atoms with van der Waals surface area (Å²) in [4.78, 5) is 37.0. The third-order valence-corrected chi connectivity index (χ3v) is 9.09. The highest BCUT2D eigenvalue weighted by Crippen LogP contribution is 2.56.